The summed E-state index contributed by atoms with van der Waals surface area (Å²) in [6, 6.07) is 0. The molecule has 0 saturated carbocycles. The number of thiazole rings is 1. The number of anilines is 1. The smallest absolute Gasteiger partial charge is 0.303 e. The van der Waals surface area contributed by atoms with E-state index in [1.54, 1.807) is 0 Å². The molecule has 1 aliphatic rings. The molecule has 2 rings (SSSR count). The number of hydrogen-bond donors (Lipinski definition) is 1. The first-order valence-electron chi connectivity index (χ1n) is 6.22. The maximum absolute atomic E-state index is 11.4. The number of carboxylic acid groups (broad SMARTS) is 1. The molecule has 0 spiro atoms. The third-order valence-corrected chi connectivity index (χ3v) is 5.37. The monoisotopic (exact) mass is 319 g/mol. The van der Waals surface area contributed by atoms with Crippen molar-refractivity contribution in [3.63, 3.8) is 0 Å². The van der Waals surface area contributed by atoms with E-state index < -0.39 is 16.0 Å². The maximum atomic E-state index is 11.4. The van der Waals surface area contributed by atoms with Crippen molar-refractivity contribution in [2.45, 2.75) is 12.8 Å². The first-order valence-corrected chi connectivity index (χ1v) is 8.95. The molecule has 20 heavy (non-hydrogen) atoms. The van der Waals surface area contributed by atoms with E-state index in [9.17, 15) is 13.2 Å². The number of piperazine rings is 1. The second kappa shape index (κ2) is 6.06. The van der Waals surface area contributed by atoms with Crippen molar-refractivity contribution in [1.29, 1.82) is 0 Å². The molecule has 0 amide bonds. The molecule has 1 saturated heterocycles. The van der Waals surface area contributed by atoms with E-state index in [0.29, 0.717) is 32.6 Å². The SMILES string of the molecule is CS(=O)(=O)N1CCN(c2nc(CCC(=O)O)cs2)CC1. The normalized spacial score (nSPS) is 17.4. The topological polar surface area (TPSA) is 90.8 Å². The number of carbonyl (C=O) groups is 1. The van der Waals surface area contributed by atoms with E-state index in [2.05, 4.69) is 4.98 Å². The lowest BCUT2D eigenvalue weighted by Crippen LogP contribution is -2.48. The van der Waals surface area contributed by atoms with E-state index in [1.807, 2.05) is 10.3 Å². The Balaban J connectivity index is 1.92. The molecular weight excluding hydrogens is 302 g/mol. The lowest BCUT2D eigenvalue weighted by molar-refractivity contribution is -0.136. The number of carboxylic acids is 1. The average Bonchev–Trinajstić information content (AvgIpc) is 2.84. The highest BCUT2D eigenvalue weighted by atomic mass is 32.2. The van der Waals surface area contributed by atoms with Gasteiger partial charge < -0.3 is 10.0 Å². The van der Waals surface area contributed by atoms with Crippen molar-refractivity contribution >= 4 is 32.5 Å². The summed E-state index contributed by atoms with van der Waals surface area (Å²) in [6.07, 6.45) is 1.72. The van der Waals surface area contributed by atoms with Crippen molar-refractivity contribution < 1.29 is 18.3 Å². The average molecular weight is 319 g/mol. The fraction of sp³-hybridized carbons (Fsp3) is 0.636. The number of aliphatic carboxylic acids is 1. The molecule has 0 bridgehead atoms. The van der Waals surface area contributed by atoms with Crippen LogP contribution in [-0.4, -0.2) is 61.2 Å². The van der Waals surface area contributed by atoms with Gasteiger partial charge in [-0.25, -0.2) is 13.4 Å². The first-order chi connectivity index (χ1) is 9.36. The van der Waals surface area contributed by atoms with Crippen LogP contribution in [-0.2, 0) is 21.2 Å². The van der Waals surface area contributed by atoms with E-state index in [1.165, 1.54) is 21.9 Å². The largest absolute Gasteiger partial charge is 0.481 e. The zero-order valence-corrected chi connectivity index (χ0v) is 12.8. The summed E-state index contributed by atoms with van der Waals surface area (Å²) >= 11 is 1.47. The van der Waals surface area contributed by atoms with Gasteiger partial charge in [-0.15, -0.1) is 11.3 Å². The Morgan fingerprint density at radius 1 is 1.40 bits per heavy atom. The second-order valence-corrected chi connectivity index (χ2v) is 7.48. The van der Waals surface area contributed by atoms with Gasteiger partial charge in [-0.2, -0.15) is 4.31 Å². The minimum Gasteiger partial charge on any atom is -0.481 e. The summed E-state index contributed by atoms with van der Waals surface area (Å²) in [7, 11) is -3.12. The standard InChI is InChI=1S/C11H17N3O4S2/c1-20(17,18)14-6-4-13(5-7-14)11-12-9(8-19-11)2-3-10(15)16/h8H,2-7H2,1H3,(H,15,16). The molecule has 0 aromatic carbocycles. The van der Waals surface area contributed by atoms with Gasteiger partial charge in [0.25, 0.3) is 0 Å². The molecule has 9 heteroatoms. The number of aromatic nitrogens is 1. The zero-order chi connectivity index (χ0) is 14.8. The fourth-order valence-electron chi connectivity index (χ4n) is 2.00. The van der Waals surface area contributed by atoms with Gasteiger partial charge >= 0.3 is 5.97 Å². The van der Waals surface area contributed by atoms with Crippen LogP contribution >= 0.6 is 11.3 Å². The number of rotatable bonds is 5. The predicted octanol–water partition coefficient (Wildman–Crippen LogP) is 0.242. The Kier molecular flexibility index (Phi) is 4.61. The molecule has 1 aromatic rings. The lowest BCUT2D eigenvalue weighted by Gasteiger charge is -2.32. The van der Waals surface area contributed by atoms with Crippen LogP contribution in [0.15, 0.2) is 5.38 Å². The molecule has 0 aliphatic carbocycles. The second-order valence-electron chi connectivity index (χ2n) is 4.66. The number of nitrogens with zero attached hydrogens (tertiary/aromatic N) is 3. The summed E-state index contributed by atoms with van der Waals surface area (Å²) in [5, 5.41) is 11.3. The minimum absolute atomic E-state index is 0.0744. The summed E-state index contributed by atoms with van der Waals surface area (Å²) in [6.45, 7) is 2.14. The third-order valence-electron chi connectivity index (χ3n) is 3.11. The lowest BCUT2D eigenvalue weighted by atomic mass is 10.2. The molecule has 7 nitrogen and oxygen atoms in total. The predicted molar refractivity (Wildman–Crippen MR) is 76.7 cm³/mol. The van der Waals surface area contributed by atoms with Gasteiger partial charge in [-0.3, -0.25) is 4.79 Å². The maximum Gasteiger partial charge on any atom is 0.303 e. The van der Waals surface area contributed by atoms with Gasteiger partial charge in [0.15, 0.2) is 5.13 Å². The van der Waals surface area contributed by atoms with Gasteiger partial charge in [0.05, 0.1) is 18.4 Å². The Labute approximate surface area is 121 Å². The van der Waals surface area contributed by atoms with Gasteiger partial charge in [0.2, 0.25) is 10.0 Å². The molecular formula is C11H17N3O4S2. The van der Waals surface area contributed by atoms with E-state index in [-0.39, 0.29) is 6.42 Å². The van der Waals surface area contributed by atoms with Crippen LogP contribution in [0.1, 0.15) is 12.1 Å². The highest BCUT2D eigenvalue weighted by Gasteiger charge is 2.24. The van der Waals surface area contributed by atoms with E-state index in [4.69, 9.17) is 5.11 Å². The first kappa shape index (κ1) is 15.2. The molecule has 1 aliphatic heterocycles. The van der Waals surface area contributed by atoms with Crippen molar-refractivity contribution in [2.75, 3.05) is 37.3 Å². The van der Waals surface area contributed by atoms with E-state index >= 15 is 0 Å². The molecule has 112 valence electrons. The zero-order valence-electron chi connectivity index (χ0n) is 11.2. The van der Waals surface area contributed by atoms with E-state index in [0.717, 1.165) is 10.8 Å². The molecule has 1 fully saturated rings. The molecule has 0 radical (unpaired) electrons. The van der Waals surface area contributed by atoms with Crippen molar-refractivity contribution in [3.05, 3.63) is 11.1 Å². The Bertz CT molecular complexity index is 576. The number of hydrogen-bond acceptors (Lipinski definition) is 6. The number of aryl methyl sites for hydroxylation is 1. The summed E-state index contributed by atoms with van der Waals surface area (Å²) in [4.78, 5) is 17.0. The molecule has 2 heterocycles. The van der Waals surface area contributed by atoms with Crippen LogP contribution in [0.2, 0.25) is 0 Å². The molecule has 1 aromatic heterocycles. The van der Waals surface area contributed by atoms with Gasteiger partial charge in [0, 0.05) is 38.0 Å². The van der Waals surface area contributed by atoms with Gasteiger partial charge in [0.1, 0.15) is 0 Å². The van der Waals surface area contributed by atoms with Crippen molar-refractivity contribution in [3.8, 4) is 0 Å². The summed E-state index contributed by atoms with van der Waals surface area (Å²) in [5.41, 5.74) is 0.776. The van der Waals surface area contributed by atoms with Gasteiger partial charge in [-0.05, 0) is 0 Å². The van der Waals surface area contributed by atoms with Crippen LogP contribution < -0.4 is 4.90 Å². The molecule has 1 N–H and O–H groups in total. The Morgan fingerprint density at radius 2 is 2.05 bits per heavy atom. The minimum atomic E-state index is -3.12. The Hall–Kier alpha value is -1.19. The Morgan fingerprint density at radius 3 is 2.60 bits per heavy atom. The van der Waals surface area contributed by atoms with Crippen LogP contribution in [0.25, 0.3) is 0 Å². The summed E-state index contributed by atoms with van der Waals surface area (Å²) in [5.74, 6) is -0.832. The van der Waals surface area contributed by atoms with Crippen LogP contribution in [0.5, 0.6) is 0 Å². The third kappa shape index (κ3) is 3.90. The fourth-order valence-corrected chi connectivity index (χ4v) is 3.74. The molecule has 0 atom stereocenters. The number of sulfonamides is 1. The van der Waals surface area contributed by atoms with Crippen LogP contribution in [0.3, 0.4) is 0 Å². The quantitative estimate of drug-likeness (QED) is 0.836. The van der Waals surface area contributed by atoms with Crippen molar-refractivity contribution in [1.82, 2.24) is 9.29 Å². The molecule has 0 unspecified atom stereocenters. The van der Waals surface area contributed by atoms with Crippen molar-refractivity contribution in [2.24, 2.45) is 0 Å². The summed E-state index contributed by atoms with van der Waals surface area (Å²) < 4.78 is 24.3. The highest BCUT2D eigenvalue weighted by molar-refractivity contribution is 7.88. The van der Waals surface area contributed by atoms with Crippen LogP contribution in [0.4, 0.5) is 5.13 Å². The van der Waals surface area contributed by atoms with Gasteiger partial charge in [-0.1, -0.05) is 0 Å². The highest BCUT2D eigenvalue weighted by Crippen LogP contribution is 2.23. The van der Waals surface area contributed by atoms with Crippen LogP contribution in [0, 0.1) is 0 Å².